The Morgan fingerprint density at radius 3 is 2.57 bits per heavy atom. The molecule has 1 aromatic heterocycles. The topological polar surface area (TPSA) is 51.5 Å². The maximum absolute atomic E-state index is 11.4. The summed E-state index contributed by atoms with van der Waals surface area (Å²) in [7, 11) is 1.62. The number of rotatable bonds is 5. The Morgan fingerprint density at radius 1 is 1.33 bits per heavy atom. The van der Waals surface area contributed by atoms with Gasteiger partial charge in [-0.1, -0.05) is 26.0 Å². The highest BCUT2D eigenvalue weighted by Crippen LogP contribution is 2.33. The smallest absolute Gasteiger partial charge is 0.337 e. The Balaban J connectivity index is 2.66. The molecule has 1 N–H and O–H groups in total. The maximum Gasteiger partial charge on any atom is 0.337 e. The van der Waals surface area contributed by atoms with Crippen molar-refractivity contribution in [2.75, 3.05) is 7.11 Å². The third-order valence-electron chi connectivity index (χ3n) is 3.53. The molecule has 0 unspecified atom stereocenters. The van der Waals surface area contributed by atoms with E-state index in [1.807, 2.05) is 31.2 Å². The van der Waals surface area contributed by atoms with Crippen molar-refractivity contribution in [3.63, 3.8) is 0 Å². The first-order valence-electron chi connectivity index (χ1n) is 7.02. The van der Waals surface area contributed by atoms with Gasteiger partial charge in [-0.3, -0.25) is 0 Å². The zero-order valence-corrected chi connectivity index (χ0v) is 12.9. The first kappa shape index (κ1) is 15.2. The number of aromatic carboxylic acids is 1. The van der Waals surface area contributed by atoms with Gasteiger partial charge >= 0.3 is 5.97 Å². The number of carboxylic acid groups (broad SMARTS) is 1. The number of carbonyl (C=O) groups is 1. The van der Waals surface area contributed by atoms with Gasteiger partial charge in [0.2, 0.25) is 0 Å². The number of benzene rings is 1. The Morgan fingerprint density at radius 2 is 2.00 bits per heavy atom. The van der Waals surface area contributed by atoms with Crippen molar-refractivity contribution in [2.24, 2.45) is 5.92 Å². The van der Waals surface area contributed by atoms with E-state index in [9.17, 15) is 9.90 Å². The van der Waals surface area contributed by atoms with Crippen LogP contribution >= 0.6 is 0 Å². The molecule has 0 saturated heterocycles. The lowest BCUT2D eigenvalue weighted by atomic mass is 10.1. The van der Waals surface area contributed by atoms with Crippen molar-refractivity contribution in [1.82, 2.24) is 4.57 Å². The van der Waals surface area contributed by atoms with E-state index in [2.05, 4.69) is 18.4 Å². The fourth-order valence-corrected chi connectivity index (χ4v) is 2.54. The van der Waals surface area contributed by atoms with Crippen molar-refractivity contribution in [2.45, 2.75) is 27.3 Å². The normalized spacial score (nSPS) is 10.9. The van der Waals surface area contributed by atoms with E-state index in [0.29, 0.717) is 11.5 Å². The molecule has 0 radical (unpaired) electrons. The molecule has 4 heteroatoms. The largest absolute Gasteiger partial charge is 0.496 e. The van der Waals surface area contributed by atoms with Gasteiger partial charge in [0.15, 0.2) is 0 Å². The Kier molecular flexibility index (Phi) is 4.36. The quantitative estimate of drug-likeness (QED) is 0.909. The summed E-state index contributed by atoms with van der Waals surface area (Å²) in [5.41, 5.74) is 2.92. The van der Waals surface area contributed by atoms with Crippen LogP contribution in [0.2, 0.25) is 0 Å². The van der Waals surface area contributed by atoms with Crippen LogP contribution in [0.15, 0.2) is 30.3 Å². The van der Waals surface area contributed by atoms with Crippen LogP contribution < -0.4 is 4.74 Å². The number of carboxylic acids is 1. The third-order valence-corrected chi connectivity index (χ3v) is 3.53. The summed E-state index contributed by atoms with van der Waals surface area (Å²) in [5.74, 6) is 0.273. The first-order chi connectivity index (χ1) is 9.95. The third kappa shape index (κ3) is 2.94. The van der Waals surface area contributed by atoms with Crippen LogP contribution in [0.25, 0.3) is 11.3 Å². The van der Waals surface area contributed by atoms with Crippen molar-refractivity contribution in [1.29, 1.82) is 0 Å². The molecule has 0 aliphatic rings. The Bertz CT molecular complexity index is 656. The summed E-state index contributed by atoms with van der Waals surface area (Å²) in [6.07, 6.45) is 0. The van der Waals surface area contributed by atoms with Gasteiger partial charge in [0.25, 0.3) is 0 Å². The highest BCUT2D eigenvalue weighted by atomic mass is 16.5. The van der Waals surface area contributed by atoms with Gasteiger partial charge in [-0.25, -0.2) is 4.79 Å². The molecule has 21 heavy (non-hydrogen) atoms. The second kappa shape index (κ2) is 6.04. The van der Waals surface area contributed by atoms with Gasteiger partial charge in [0.05, 0.1) is 18.4 Å². The van der Waals surface area contributed by atoms with Gasteiger partial charge in [0, 0.05) is 17.8 Å². The van der Waals surface area contributed by atoms with E-state index in [1.54, 1.807) is 13.2 Å². The summed E-state index contributed by atoms with van der Waals surface area (Å²) in [6, 6.07) is 9.41. The molecular formula is C17H21NO3. The van der Waals surface area contributed by atoms with E-state index in [-0.39, 0.29) is 0 Å². The molecule has 0 fully saturated rings. The molecule has 0 atom stereocenters. The van der Waals surface area contributed by atoms with E-state index >= 15 is 0 Å². The summed E-state index contributed by atoms with van der Waals surface area (Å²) in [6.45, 7) is 6.86. The van der Waals surface area contributed by atoms with E-state index in [0.717, 1.165) is 29.2 Å². The first-order valence-corrected chi connectivity index (χ1v) is 7.02. The van der Waals surface area contributed by atoms with Crippen molar-refractivity contribution in [3.05, 3.63) is 41.6 Å². The van der Waals surface area contributed by atoms with Crippen molar-refractivity contribution in [3.8, 4) is 17.0 Å². The average molecular weight is 287 g/mol. The molecule has 1 aromatic carbocycles. The number of hydrogen-bond acceptors (Lipinski definition) is 2. The summed E-state index contributed by atoms with van der Waals surface area (Å²) in [5, 5.41) is 9.37. The Labute approximate surface area is 125 Å². The summed E-state index contributed by atoms with van der Waals surface area (Å²) in [4.78, 5) is 11.4. The van der Waals surface area contributed by atoms with Crippen LogP contribution in [0.5, 0.6) is 5.75 Å². The number of ether oxygens (including phenoxy) is 1. The highest BCUT2D eigenvalue weighted by molar-refractivity contribution is 5.91. The number of hydrogen-bond donors (Lipinski definition) is 1. The minimum Gasteiger partial charge on any atom is -0.496 e. The Hall–Kier alpha value is -2.23. The van der Waals surface area contributed by atoms with Crippen molar-refractivity contribution < 1.29 is 14.6 Å². The van der Waals surface area contributed by atoms with Gasteiger partial charge in [-0.2, -0.15) is 0 Å². The van der Waals surface area contributed by atoms with E-state index < -0.39 is 5.97 Å². The fraction of sp³-hybridized carbons (Fsp3) is 0.353. The predicted octanol–water partition coefficient (Wildman–Crippen LogP) is 3.83. The van der Waals surface area contributed by atoms with Crippen LogP contribution in [0.3, 0.4) is 0 Å². The molecule has 2 rings (SSSR count). The lowest BCUT2D eigenvalue weighted by Gasteiger charge is -2.16. The molecule has 112 valence electrons. The van der Waals surface area contributed by atoms with Crippen LogP contribution in [0, 0.1) is 12.8 Å². The van der Waals surface area contributed by atoms with E-state index in [4.69, 9.17) is 4.74 Å². The molecule has 4 nitrogen and oxygen atoms in total. The van der Waals surface area contributed by atoms with Gasteiger partial charge in [-0.15, -0.1) is 0 Å². The number of para-hydroxylation sites is 1. The second-order valence-electron chi connectivity index (χ2n) is 5.54. The van der Waals surface area contributed by atoms with Gasteiger partial charge in [-0.05, 0) is 31.0 Å². The zero-order valence-electron chi connectivity index (χ0n) is 12.9. The molecule has 0 saturated carbocycles. The molecule has 2 aromatic rings. The molecule has 0 spiro atoms. The molecular weight excluding hydrogens is 266 g/mol. The maximum atomic E-state index is 11.4. The standard InChI is InChI=1S/C17H21NO3/c1-11(2)10-18-12(3)14(17(19)20)9-15(18)13-7-5-6-8-16(13)21-4/h5-9,11H,10H2,1-4H3,(H,19,20). The SMILES string of the molecule is COc1ccccc1-c1cc(C(=O)O)c(C)n1CC(C)C. The number of nitrogens with zero attached hydrogens (tertiary/aromatic N) is 1. The average Bonchev–Trinajstić information content (AvgIpc) is 2.76. The van der Waals surface area contributed by atoms with Crippen LogP contribution in [-0.4, -0.2) is 22.8 Å². The zero-order chi connectivity index (χ0) is 15.6. The van der Waals surface area contributed by atoms with Crippen molar-refractivity contribution >= 4 is 5.97 Å². The highest BCUT2D eigenvalue weighted by Gasteiger charge is 2.20. The fourth-order valence-electron chi connectivity index (χ4n) is 2.54. The molecule has 0 aliphatic carbocycles. The molecule has 0 bridgehead atoms. The van der Waals surface area contributed by atoms with Gasteiger partial charge in [0.1, 0.15) is 5.75 Å². The molecule has 0 amide bonds. The van der Waals surface area contributed by atoms with E-state index in [1.165, 1.54) is 0 Å². The summed E-state index contributed by atoms with van der Waals surface area (Å²) < 4.78 is 7.47. The minimum absolute atomic E-state index is 0.344. The van der Waals surface area contributed by atoms with Crippen LogP contribution in [0.4, 0.5) is 0 Å². The molecule has 1 heterocycles. The number of aromatic nitrogens is 1. The van der Waals surface area contributed by atoms with Gasteiger partial charge < -0.3 is 14.4 Å². The summed E-state index contributed by atoms with van der Waals surface area (Å²) >= 11 is 0. The predicted molar refractivity (Wildman–Crippen MR) is 83.0 cm³/mol. The minimum atomic E-state index is -0.897. The van der Waals surface area contributed by atoms with Crippen LogP contribution in [0.1, 0.15) is 29.9 Å². The lowest BCUT2D eigenvalue weighted by Crippen LogP contribution is -2.09. The second-order valence-corrected chi connectivity index (χ2v) is 5.54. The lowest BCUT2D eigenvalue weighted by molar-refractivity contribution is 0.0696. The van der Waals surface area contributed by atoms with Crippen LogP contribution in [-0.2, 0) is 6.54 Å². The number of methoxy groups -OCH3 is 1. The molecule has 0 aliphatic heterocycles. The monoisotopic (exact) mass is 287 g/mol.